The van der Waals surface area contributed by atoms with E-state index < -0.39 is 11.7 Å². The highest BCUT2D eigenvalue weighted by Gasteiger charge is 2.35. The number of hydrogen-bond donors (Lipinski definition) is 1. The standard InChI is InChI=1S/C16H16F3NO2.ClH/c1-21-14-5-3-2-4-12(14)11-6-7-15(22-9-8-20)13(10-11)16(17,18)19;/h2-7,10H,8-9,20H2,1H3;1H. The molecule has 0 spiro atoms. The summed E-state index contributed by atoms with van der Waals surface area (Å²) in [4.78, 5) is 0. The van der Waals surface area contributed by atoms with E-state index in [2.05, 4.69) is 0 Å². The molecule has 0 aromatic heterocycles. The number of para-hydroxylation sites is 1. The molecule has 0 saturated carbocycles. The van der Waals surface area contributed by atoms with E-state index in [0.29, 0.717) is 16.9 Å². The molecule has 0 atom stereocenters. The summed E-state index contributed by atoms with van der Waals surface area (Å²) in [7, 11) is 1.47. The van der Waals surface area contributed by atoms with Gasteiger partial charge in [0.25, 0.3) is 0 Å². The maximum Gasteiger partial charge on any atom is 0.419 e. The molecule has 0 bridgehead atoms. The summed E-state index contributed by atoms with van der Waals surface area (Å²) < 4.78 is 49.9. The molecular formula is C16H17ClF3NO2. The van der Waals surface area contributed by atoms with Crippen LogP contribution in [-0.4, -0.2) is 20.3 Å². The highest BCUT2D eigenvalue weighted by atomic mass is 35.5. The molecule has 2 N–H and O–H groups in total. The Kier molecular flexibility index (Phi) is 6.72. The number of nitrogens with two attached hydrogens (primary N) is 1. The van der Waals surface area contributed by atoms with Crippen LogP contribution in [0.15, 0.2) is 42.5 Å². The fourth-order valence-electron chi connectivity index (χ4n) is 2.10. The third-order valence-electron chi connectivity index (χ3n) is 3.08. The van der Waals surface area contributed by atoms with Crippen molar-refractivity contribution in [3.05, 3.63) is 48.0 Å². The van der Waals surface area contributed by atoms with Gasteiger partial charge in [-0.3, -0.25) is 0 Å². The van der Waals surface area contributed by atoms with Gasteiger partial charge in [-0.2, -0.15) is 13.2 Å². The van der Waals surface area contributed by atoms with Gasteiger partial charge in [-0.1, -0.05) is 24.3 Å². The normalized spacial score (nSPS) is 10.8. The van der Waals surface area contributed by atoms with Gasteiger partial charge in [0.15, 0.2) is 0 Å². The fraction of sp³-hybridized carbons (Fsp3) is 0.250. The van der Waals surface area contributed by atoms with Crippen molar-refractivity contribution in [3.63, 3.8) is 0 Å². The lowest BCUT2D eigenvalue weighted by Gasteiger charge is -2.16. The molecule has 0 aliphatic heterocycles. The van der Waals surface area contributed by atoms with Crippen LogP contribution in [0.2, 0.25) is 0 Å². The molecule has 3 nitrogen and oxygen atoms in total. The van der Waals surface area contributed by atoms with E-state index in [-0.39, 0.29) is 31.3 Å². The van der Waals surface area contributed by atoms with E-state index >= 15 is 0 Å². The van der Waals surface area contributed by atoms with Crippen molar-refractivity contribution in [2.75, 3.05) is 20.3 Å². The molecule has 0 radical (unpaired) electrons. The zero-order valence-electron chi connectivity index (χ0n) is 12.4. The van der Waals surface area contributed by atoms with E-state index in [4.69, 9.17) is 15.2 Å². The third kappa shape index (κ3) is 4.53. The van der Waals surface area contributed by atoms with Crippen molar-refractivity contribution >= 4 is 12.4 Å². The Bertz CT molecular complexity index is 647. The van der Waals surface area contributed by atoms with Crippen LogP contribution < -0.4 is 15.2 Å². The second-order valence-corrected chi connectivity index (χ2v) is 4.55. The minimum Gasteiger partial charge on any atom is -0.496 e. The fourth-order valence-corrected chi connectivity index (χ4v) is 2.10. The Morgan fingerprint density at radius 1 is 1.04 bits per heavy atom. The van der Waals surface area contributed by atoms with Gasteiger partial charge in [0.05, 0.1) is 12.7 Å². The van der Waals surface area contributed by atoms with Crippen LogP contribution in [0.25, 0.3) is 11.1 Å². The largest absolute Gasteiger partial charge is 0.496 e. The molecule has 0 fully saturated rings. The average Bonchev–Trinajstić information content (AvgIpc) is 2.52. The Labute approximate surface area is 138 Å². The summed E-state index contributed by atoms with van der Waals surface area (Å²) in [6.07, 6.45) is -4.51. The number of alkyl halides is 3. The van der Waals surface area contributed by atoms with Gasteiger partial charge < -0.3 is 15.2 Å². The van der Waals surface area contributed by atoms with Crippen molar-refractivity contribution in [2.45, 2.75) is 6.18 Å². The van der Waals surface area contributed by atoms with Gasteiger partial charge in [0.1, 0.15) is 18.1 Å². The predicted molar refractivity (Wildman–Crippen MR) is 85.2 cm³/mol. The first-order chi connectivity index (χ1) is 10.5. The summed E-state index contributed by atoms with van der Waals surface area (Å²) in [5.74, 6) is 0.280. The molecule has 0 aliphatic rings. The van der Waals surface area contributed by atoms with Crippen LogP contribution in [0.5, 0.6) is 11.5 Å². The van der Waals surface area contributed by atoms with Gasteiger partial charge in [-0.15, -0.1) is 12.4 Å². The first kappa shape index (κ1) is 19.1. The number of rotatable bonds is 5. The van der Waals surface area contributed by atoms with E-state index in [1.54, 1.807) is 30.3 Å². The van der Waals surface area contributed by atoms with Crippen molar-refractivity contribution in [1.29, 1.82) is 0 Å². The van der Waals surface area contributed by atoms with E-state index in [9.17, 15) is 13.2 Å². The Hall–Kier alpha value is -1.92. The van der Waals surface area contributed by atoms with Crippen LogP contribution in [0.3, 0.4) is 0 Å². The monoisotopic (exact) mass is 347 g/mol. The molecule has 23 heavy (non-hydrogen) atoms. The zero-order valence-corrected chi connectivity index (χ0v) is 13.2. The minimum atomic E-state index is -4.51. The van der Waals surface area contributed by atoms with E-state index in [1.165, 1.54) is 13.2 Å². The Morgan fingerprint density at radius 3 is 2.35 bits per heavy atom. The maximum atomic E-state index is 13.2. The molecule has 0 amide bonds. The van der Waals surface area contributed by atoms with Gasteiger partial charge in [-0.05, 0) is 23.8 Å². The van der Waals surface area contributed by atoms with E-state index in [0.717, 1.165) is 6.07 Å². The lowest BCUT2D eigenvalue weighted by atomic mass is 10.0. The molecule has 0 aliphatic carbocycles. The van der Waals surface area contributed by atoms with Crippen LogP contribution in [0.4, 0.5) is 13.2 Å². The molecular weight excluding hydrogens is 331 g/mol. The number of methoxy groups -OCH3 is 1. The summed E-state index contributed by atoms with van der Waals surface area (Å²) >= 11 is 0. The topological polar surface area (TPSA) is 44.5 Å². The summed E-state index contributed by atoms with van der Waals surface area (Å²) in [5.41, 5.74) is 5.43. The van der Waals surface area contributed by atoms with Crippen LogP contribution in [0.1, 0.15) is 5.56 Å². The summed E-state index contributed by atoms with van der Waals surface area (Å²) in [5, 5.41) is 0. The number of ether oxygens (including phenoxy) is 2. The smallest absolute Gasteiger partial charge is 0.419 e. The van der Waals surface area contributed by atoms with Crippen LogP contribution >= 0.6 is 12.4 Å². The SMILES string of the molecule is COc1ccccc1-c1ccc(OCCN)c(C(F)(F)F)c1.Cl. The predicted octanol–water partition coefficient (Wildman–Crippen LogP) is 4.14. The van der Waals surface area contributed by atoms with Gasteiger partial charge in [0.2, 0.25) is 0 Å². The Balaban J connectivity index is 0.00000264. The molecule has 2 aromatic rings. The van der Waals surface area contributed by atoms with E-state index in [1.807, 2.05) is 0 Å². The zero-order chi connectivity index (χ0) is 16.2. The molecule has 0 saturated heterocycles. The number of halogens is 4. The first-order valence-corrected chi connectivity index (χ1v) is 6.65. The van der Waals surface area contributed by atoms with Crippen molar-refractivity contribution < 1.29 is 22.6 Å². The van der Waals surface area contributed by atoms with Gasteiger partial charge in [-0.25, -0.2) is 0 Å². The van der Waals surface area contributed by atoms with Crippen molar-refractivity contribution in [2.24, 2.45) is 5.73 Å². The average molecular weight is 348 g/mol. The molecule has 0 unspecified atom stereocenters. The third-order valence-corrected chi connectivity index (χ3v) is 3.08. The lowest BCUT2D eigenvalue weighted by Crippen LogP contribution is -2.14. The van der Waals surface area contributed by atoms with Gasteiger partial charge in [0, 0.05) is 12.1 Å². The molecule has 0 heterocycles. The second-order valence-electron chi connectivity index (χ2n) is 4.55. The molecule has 7 heteroatoms. The summed E-state index contributed by atoms with van der Waals surface area (Å²) in [6, 6.07) is 10.8. The minimum absolute atomic E-state index is 0. The van der Waals surface area contributed by atoms with Crippen LogP contribution in [0, 0.1) is 0 Å². The molecule has 126 valence electrons. The highest BCUT2D eigenvalue weighted by Crippen LogP contribution is 2.40. The van der Waals surface area contributed by atoms with Gasteiger partial charge >= 0.3 is 6.18 Å². The second kappa shape index (κ2) is 8.08. The highest BCUT2D eigenvalue weighted by molar-refractivity contribution is 5.85. The number of benzene rings is 2. The van der Waals surface area contributed by atoms with Crippen LogP contribution in [-0.2, 0) is 6.18 Å². The van der Waals surface area contributed by atoms with Crippen molar-refractivity contribution in [3.8, 4) is 22.6 Å². The molecule has 2 aromatic carbocycles. The molecule has 2 rings (SSSR count). The van der Waals surface area contributed by atoms with Crippen molar-refractivity contribution in [1.82, 2.24) is 0 Å². The summed E-state index contributed by atoms with van der Waals surface area (Å²) in [6.45, 7) is 0.169. The quantitative estimate of drug-likeness (QED) is 0.884. The first-order valence-electron chi connectivity index (χ1n) is 6.65. The Morgan fingerprint density at radius 2 is 1.74 bits per heavy atom. The number of hydrogen-bond acceptors (Lipinski definition) is 3. The lowest BCUT2D eigenvalue weighted by molar-refractivity contribution is -0.138. The maximum absolute atomic E-state index is 13.2.